The highest BCUT2D eigenvalue weighted by Gasteiger charge is 2.05. The molecule has 122 valence electrons. The normalized spacial score (nSPS) is 10.3. The molecule has 0 aromatic heterocycles. The topological polar surface area (TPSA) is 93.8 Å². The smallest absolute Gasteiger partial charge is 0.271 e. The average molecular weight is 325 g/mol. The Labute approximate surface area is 138 Å². The number of hydrogen-bond donors (Lipinski definition) is 1. The lowest BCUT2D eigenvalue weighted by Gasteiger charge is -2.04. The van der Waals surface area contributed by atoms with Crippen LogP contribution >= 0.6 is 0 Å². The summed E-state index contributed by atoms with van der Waals surface area (Å²) in [6.45, 7) is 3.95. The standard InChI is InChI=1S/C17H15N3O4/c1-2-11-24-16-9-5-14(6-10-16)17(21)19-18-12-13-3-7-15(8-4-13)20(22)23/h2-10,12H,1,11H2,(H,19,21). The summed E-state index contributed by atoms with van der Waals surface area (Å²) >= 11 is 0. The van der Waals surface area contributed by atoms with Crippen molar-refractivity contribution in [2.75, 3.05) is 6.61 Å². The number of benzene rings is 2. The van der Waals surface area contributed by atoms with Crippen molar-refractivity contribution in [2.24, 2.45) is 5.10 Å². The number of non-ortho nitro benzene ring substituents is 1. The number of nitrogens with one attached hydrogen (secondary N) is 1. The number of nitro benzene ring substituents is 1. The molecule has 0 heterocycles. The molecule has 0 aliphatic heterocycles. The quantitative estimate of drug-likeness (QED) is 0.366. The van der Waals surface area contributed by atoms with Crippen molar-refractivity contribution < 1.29 is 14.5 Å². The summed E-state index contributed by atoms with van der Waals surface area (Å²) in [6, 6.07) is 12.4. The fourth-order valence-electron chi connectivity index (χ4n) is 1.77. The largest absolute Gasteiger partial charge is 0.490 e. The van der Waals surface area contributed by atoms with Gasteiger partial charge in [-0.2, -0.15) is 5.10 Å². The van der Waals surface area contributed by atoms with Gasteiger partial charge in [0.2, 0.25) is 0 Å². The number of hydrogen-bond acceptors (Lipinski definition) is 5. The minimum atomic E-state index is -0.481. The second-order valence-corrected chi connectivity index (χ2v) is 4.67. The molecule has 0 saturated heterocycles. The first kappa shape index (κ1) is 16.9. The second-order valence-electron chi connectivity index (χ2n) is 4.67. The Morgan fingerprint density at radius 3 is 2.46 bits per heavy atom. The molecule has 2 rings (SSSR count). The van der Waals surface area contributed by atoms with Crippen molar-refractivity contribution >= 4 is 17.8 Å². The maximum Gasteiger partial charge on any atom is 0.271 e. The zero-order valence-corrected chi connectivity index (χ0v) is 12.7. The van der Waals surface area contributed by atoms with Crippen LogP contribution in [-0.4, -0.2) is 23.7 Å². The zero-order chi connectivity index (χ0) is 17.4. The molecule has 1 amide bonds. The molecule has 0 aliphatic carbocycles. The molecular formula is C17H15N3O4. The first-order chi connectivity index (χ1) is 11.6. The molecule has 2 aromatic rings. The van der Waals surface area contributed by atoms with Gasteiger partial charge in [0, 0.05) is 17.7 Å². The number of ether oxygens (including phenoxy) is 1. The van der Waals surface area contributed by atoms with E-state index in [1.165, 1.54) is 18.3 Å². The number of hydrazone groups is 1. The van der Waals surface area contributed by atoms with Gasteiger partial charge in [0.25, 0.3) is 11.6 Å². The molecule has 7 heteroatoms. The molecule has 0 aliphatic rings. The van der Waals surface area contributed by atoms with Crippen LogP contribution < -0.4 is 10.2 Å². The highest BCUT2D eigenvalue weighted by atomic mass is 16.6. The van der Waals surface area contributed by atoms with Gasteiger partial charge < -0.3 is 4.74 Å². The Hall–Kier alpha value is -3.48. The fraction of sp³-hybridized carbons (Fsp3) is 0.0588. The molecule has 1 N–H and O–H groups in total. The van der Waals surface area contributed by atoms with E-state index in [-0.39, 0.29) is 11.6 Å². The lowest BCUT2D eigenvalue weighted by molar-refractivity contribution is -0.384. The Kier molecular flexibility index (Phi) is 5.79. The van der Waals surface area contributed by atoms with Crippen molar-refractivity contribution in [1.82, 2.24) is 5.43 Å². The molecule has 7 nitrogen and oxygen atoms in total. The van der Waals surface area contributed by atoms with Gasteiger partial charge in [-0.3, -0.25) is 14.9 Å². The van der Waals surface area contributed by atoms with E-state index in [1.54, 1.807) is 42.5 Å². The summed E-state index contributed by atoms with van der Waals surface area (Å²) in [5, 5.41) is 14.4. The van der Waals surface area contributed by atoms with Gasteiger partial charge in [-0.05, 0) is 42.0 Å². The van der Waals surface area contributed by atoms with Crippen molar-refractivity contribution in [2.45, 2.75) is 0 Å². The monoisotopic (exact) mass is 325 g/mol. The second kappa shape index (κ2) is 8.23. The third-order valence-corrected chi connectivity index (χ3v) is 2.97. The zero-order valence-electron chi connectivity index (χ0n) is 12.7. The van der Waals surface area contributed by atoms with Crippen LogP contribution in [0.2, 0.25) is 0 Å². The lowest BCUT2D eigenvalue weighted by Crippen LogP contribution is -2.17. The van der Waals surface area contributed by atoms with E-state index < -0.39 is 4.92 Å². The van der Waals surface area contributed by atoms with Gasteiger partial charge in [0.1, 0.15) is 12.4 Å². The minimum Gasteiger partial charge on any atom is -0.490 e. The van der Waals surface area contributed by atoms with Gasteiger partial charge in [-0.1, -0.05) is 12.7 Å². The van der Waals surface area contributed by atoms with E-state index >= 15 is 0 Å². The molecule has 0 saturated carbocycles. The van der Waals surface area contributed by atoms with Crippen LogP contribution in [0.5, 0.6) is 5.75 Å². The Morgan fingerprint density at radius 1 is 1.21 bits per heavy atom. The van der Waals surface area contributed by atoms with E-state index in [0.29, 0.717) is 23.5 Å². The molecule has 0 unspecified atom stereocenters. The number of carbonyl (C=O) groups is 1. The van der Waals surface area contributed by atoms with E-state index in [9.17, 15) is 14.9 Å². The molecule has 0 spiro atoms. The maximum atomic E-state index is 11.9. The van der Waals surface area contributed by atoms with Gasteiger partial charge >= 0.3 is 0 Å². The molecule has 0 bridgehead atoms. The molecule has 2 aromatic carbocycles. The maximum absolute atomic E-state index is 11.9. The number of amides is 1. The summed E-state index contributed by atoms with van der Waals surface area (Å²) in [7, 11) is 0. The molecule has 0 fully saturated rings. The van der Waals surface area contributed by atoms with Gasteiger partial charge in [0.15, 0.2) is 0 Å². The summed E-state index contributed by atoms with van der Waals surface area (Å²) in [5.74, 6) is 0.268. The highest BCUT2D eigenvalue weighted by Crippen LogP contribution is 2.12. The summed E-state index contributed by atoms with van der Waals surface area (Å²) in [5.41, 5.74) is 3.45. The highest BCUT2D eigenvalue weighted by molar-refractivity contribution is 5.95. The van der Waals surface area contributed by atoms with Crippen LogP contribution in [0, 0.1) is 10.1 Å². The third-order valence-electron chi connectivity index (χ3n) is 2.97. The van der Waals surface area contributed by atoms with Gasteiger partial charge in [-0.25, -0.2) is 5.43 Å². The first-order valence-electron chi connectivity index (χ1n) is 7.02. The van der Waals surface area contributed by atoms with Crippen LogP contribution in [0.1, 0.15) is 15.9 Å². The summed E-state index contributed by atoms with van der Waals surface area (Å²) in [4.78, 5) is 22.0. The Morgan fingerprint density at radius 2 is 1.88 bits per heavy atom. The fourth-order valence-corrected chi connectivity index (χ4v) is 1.77. The van der Waals surface area contributed by atoms with E-state index in [4.69, 9.17) is 4.74 Å². The Bertz CT molecular complexity index is 752. The molecule has 0 radical (unpaired) electrons. The summed E-state index contributed by atoms with van der Waals surface area (Å²) in [6.07, 6.45) is 3.04. The van der Waals surface area contributed by atoms with E-state index in [2.05, 4.69) is 17.1 Å². The minimum absolute atomic E-state index is 0.00468. The predicted molar refractivity (Wildman–Crippen MR) is 90.3 cm³/mol. The van der Waals surface area contributed by atoms with E-state index in [1.807, 2.05) is 0 Å². The van der Waals surface area contributed by atoms with Crippen molar-refractivity contribution in [3.05, 3.63) is 82.4 Å². The molecular weight excluding hydrogens is 310 g/mol. The van der Waals surface area contributed by atoms with E-state index in [0.717, 1.165) is 0 Å². The van der Waals surface area contributed by atoms with Crippen LogP contribution in [0.4, 0.5) is 5.69 Å². The van der Waals surface area contributed by atoms with Crippen LogP contribution in [0.25, 0.3) is 0 Å². The van der Waals surface area contributed by atoms with Crippen LogP contribution in [0.15, 0.2) is 66.3 Å². The summed E-state index contributed by atoms with van der Waals surface area (Å²) < 4.78 is 5.33. The van der Waals surface area contributed by atoms with Crippen LogP contribution in [-0.2, 0) is 0 Å². The first-order valence-corrected chi connectivity index (χ1v) is 7.02. The van der Waals surface area contributed by atoms with Crippen molar-refractivity contribution in [3.63, 3.8) is 0 Å². The number of rotatable bonds is 7. The predicted octanol–water partition coefficient (Wildman–Crippen LogP) is 2.92. The van der Waals surface area contributed by atoms with Crippen molar-refractivity contribution in [1.29, 1.82) is 0 Å². The number of nitro groups is 1. The Balaban J connectivity index is 1.92. The lowest BCUT2D eigenvalue weighted by atomic mass is 10.2. The number of carbonyl (C=O) groups excluding carboxylic acids is 1. The molecule has 24 heavy (non-hydrogen) atoms. The van der Waals surface area contributed by atoms with Gasteiger partial charge in [-0.15, -0.1) is 0 Å². The SMILES string of the molecule is C=CCOc1ccc(C(=O)NN=Cc2ccc([N+](=O)[O-])cc2)cc1. The average Bonchev–Trinajstić information content (AvgIpc) is 2.60. The number of nitrogens with zero attached hydrogens (tertiary/aromatic N) is 2. The third kappa shape index (κ3) is 4.77. The molecule has 0 atom stereocenters. The van der Waals surface area contributed by atoms with Gasteiger partial charge in [0.05, 0.1) is 11.1 Å². The van der Waals surface area contributed by atoms with Crippen LogP contribution in [0.3, 0.4) is 0 Å². The van der Waals surface area contributed by atoms with Crippen molar-refractivity contribution in [3.8, 4) is 5.75 Å².